The number of fused-ring (bicyclic) bond motifs is 1. The number of ether oxygens (including phenoxy) is 3. The third kappa shape index (κ3) is 4.31. The van der Waals surface area contributed by atoms with E-state index in [2.05, 4.69) is 4.98 Å². The summed E-state index contributed by atoms with van der Waals surface area (Å²) in [6.07, 6.45) is -0.765. The summed E-state index contributed by atoms with van der Waals surface area (Å²) in [5.74, 6) is 0.775. The molecule has 1 unspecified atom stereocenters. The molecular formula is C21H20ClNO4. The minimum atomic E-state index is -0.765. The molecule has 0 aliphatic rings. The lowest BCUT2D eigenvalue weighted by Gasteiger charge is -2.15. The Hall–Kier alpha value is -2.79. The lowest BCUT2D eigenvalue weighted by atomic mass is 10.1. The van der Waals surface area contributed by atoms with E-state index in [4.69, 9.17) is 25.8 Å². The van der Waals surface area contributed by atoms with Crippen molar-refractivity contribution in [2.24, 2.45) is 0 Å². The van der Waals surface area contributed by atoms with Gasteiger partial charge in [-0.1, -0.05) is 29.8 Å². The summed E-state index contributed by atoms with van der Waals surface area (Å²) in [4.78, 5) is 16.8. The van der Waals surface area contributed by atoms with Crippen LogP contribution in [0.2, 0.25) is 5.02 Å². The summed E-state index contributed by atoms with van der Waals surface area (Å²) < 4.78 is 16.1. The average molecular weight is 386 g/mol. The first-order valence-electron chi connectivity index (χ1n) is 8.50. The molecule has 0 aliphatic carbocycles. The van der Waals surface area contributed by atoms with Crippen LogP contribution in [0.25, 0.3) is 10.9 Å². The smallest absolute Gasteiger partial charge is 0.347 e. The molecule has 0 bridgehead atoms. The van der Waals surface area contributed by atoms with Crippen molar-refractivity contribution in [2.75, 3.05) is 7.11 Å². The van der Waals surface area contributed by atoms with Crippen molar-refractivity contribution in [3.8, 4) is 11.5 Å². The molecule has 27 heavy (non-hydrogen) atoms. The van der Waals surface area contributed by atoms with E-state index in [1.165, 1.54) is 0 Å². The zero-order chi connectivity index (χ0) is 19.4. The van der Waals surface area contributed by atoms with E-state index in [1.54, 1.807) is 38.3 Å². The van der Waals surface area contributed by atoms with Crippen molar-refractivity contribution in [3.63, 3.8) is 0 Å². The summed E-state index contributed by atoms with van der Waals surface area (Å²) >= 11 is 6.40. The molecule has 0 N–H and O–H groups in total. The number of benzene rings is 2. The summed E-state index contributed by atoms with van der Waals surface area (Å²) in [5, 5.41) is 1.49. The van der Waals surface area contributed by atoms with Crippen molar-refractivity contribution >= 4 is 28.5 Å². The van der Waals surface area contributed by atoms with Crippen LogP contribution in [0.5, 0.6) is 11.5 Å². The molecule has 0 aliphatic heterocycles. The van der Waals surface area contributed by atoms with Gasteiger partial charge in [0.15, 0.2) is 6.10 Å². The SMILES string of the molecule is COc1ccc(OC(C)C(=O)OCc2nc3ccccc3c(C)c2Cl)cc1. The Morgan fingerprint density at radius 1 is 1.11 bits per heavy atom. The number of methoxy groups -OCH3 is 1. The number of pyridine rings is 1. The van der Waals surface area contributed by atoms with Crippen LogP contribution in [-0.4, -0.2) is 24.2 Å². The normalized spacial score (nSPS) is 11.9. The predicted molar refractivity (Wildman–Crippen MR) is 104 cm³/mol. The average Bonchev–Trinajstić information content (AvgIpc) is 2.70. The summed E-state index contributed by atoms with van der Waals surface area (Å²) in [5.41, 5.74) is 2.25. The van der Waals surface area contributed by atoms with Crippen LogP contribution < -0.4 is 9.47 Å². The Bertz CT molecular complexity index is 956. The summed E-state index contributed by atoms with van der Waals surface area (Å²) in [7, 11) is 1.59. The number of para-hydroxylation sites is 1. The van der Waals surface area contributed by atoms with Gasteiger partial charge in [-0.05, 0) is 49.7 Å². The molecule has 3 rings (SSSR count). The van der Waals surface area contributed by atoms with Gasteiger partial charge in [0.1, 0.15) is 18.1 Å². The van der Waals surface area contributed by atoms with Crippen LogP contribution in [0.1, 0.15) is 18.2 Å². The van der Waals surface area contributed by atoms with E-state index in [9.17, 15) is 4.79 Å². The maximum absolute atomic E-state index is 12.3. The molecule has 140 valence electrons. The van der Waals surface area contributed by atoms with E-state index < -0.39 is 12.1 Å². The Balaban J connectivity index is 1.66. The molecule has 5 nitrogen and oxygen atoms in total. The van der Waals surface area contributed by atoms with Gasteiger partial charge in [-0.15, -0.1) is 0 Å². The molecule has 1 atom stereocenters. The first-order valence-corrected chi connectivity index (χ1v) is 8.88. The number of aromatic nitrogens is 1. The fourth-order valence-corrected chi connectivity index (χ4v) is 2.88. The van der Waals surface area contributed by atoms with Crippen LogP contribution in [0, 0.1) is 6.92 Å². The monoisotopic (exact) mass is 385 g/mol. The fraction of sp³-hybridized carbons (Fsp3) is 0.238. The predicted octanol–water partition coefficient (Wildman–Crippen LogP) is 4.72. The minimum Gasteiger partial charge on any atom is -0.497 e. The molecule has 2 aromatic carbocycles. The van der Waals surface area contributed by atoms with Crippen molar-refractivity contribution in [3.05, 3.63) is 64.8 Å². The van der Waals surface area contributed by atoms with E-state index in [0.29, 0.717) is 22.2 Å². The first kappa shape index (κ1) is 19.0. The van der Waals surface area contributed by atoms with Gasteiger partial charge in [0.25, 0.3) is 0 Å². The molecule has 0 radical (unpaired) electrons. The molecule has 0 saturated carbocycles. The molecule has 0 fully saturated rings. The topological polar surface area (TPSA) is 57.7 Å². The lowest BCUT2D eigenvalue weighted by Crippen LogP contribution is -2.26. The molecular weight excluding hydrogens is 366 g/mol. The first-order chi connectivity index (χ1) is 13.0. The second kappa shape index (κ2) is 8.27. The lowest BCUT2D eigenvalue weighted by molar-refractivity contribution is -0.152. The van der Waals surface area contributed by atoms with E-state index in [0.717, 1.165) is 16.5 Å². The van der Waals surface area contributed by atoms with Gasteiger partial charge in [-0.25, -0.2) is 9.78 Å². The van der Waals surface area contributed by atoms with Crippen molar-refractivity contribution < 1.29 is 19.0 Å². The van der Waals surface area contributed by atoms with Crippen molar-refractivity contribution in [1.29, 1.82) is 0 Å². The van der Waals surface area contributed by atoms with Gasteiger partial charge in [0.2, 0.25) is 0 Å². The quantitative estimate of drug-likeness (QED) is 0.575. The maximum atomic E-state index is 12.3. The zero-order valence-corrected chi connectivity index (χ0v) is 16.1. The molecule has 0 amide bonds. The largest absolute Gasteiger partial charge is 0.497 e. The second-order valence-electron chi connectivity index (χ2n) is 6.06. The second-order valence-corrected chi connectivity index (χ2v) is 6.44. The Morgan fingerprint density at radius 2 is 1.78 bits per heavy atom. The highest BCUT2D eigenvalue weighted by atomic mass is 35.5. The van der Waals surface area contributed by atoms with Gasteiger partial charge < -0.3 is 14.2 Å². The number of rotatable bonds is 6. The van der Waals surface area contributed by atoms with Crippen molar-refractivity contribution in [1.82, 2.24) is 4.98 Å². The number of hydrogen-bond acceptors (Lipinski definition) is 5. The van der Waals surface area contributed by atoms with E-state index in [1.807, 2.05) is 31.2 Å². The fourth-order valence-electron chi connectivity index (χ4n) is 2.68. The highest BCUT2D eigenvalue weighted by molar-refractivity contribution is 6.32. The number of carbonyl (C=O) groups is 1. The van der Waals surface area contributed by atoms with Gasteiger partial charge in [-0.2, -0.15) is 0 Å². The van der Waals surface area contributed by atoms with Crippen LogP contribution in [0.3, 0.4) is 0 Å². The van der Waals surface area contributed by atoms with E-state index >= 15 is 0 Å². The number of aryl methyl sites for hydroxylation is 1. The maximum Gasteiger partial charge on any atom is 0.347 e. The van der Waals surface area contributed by atoms with Crippen LogP contribution in [0.15, 0.2) is 48.5 Å². The van der Waals surface area contributed by atoms with Gasteiger partial charge >= 0.3 is 5.97 Å². The van der Waals surface area contributed by atoms with Gasteiger partial charge in [0.05, 0.1) is 23.3 Å². The van der Waals surface area contributed by atoms with Crippen LogP contribution in [-0.2, 0) is 16.1 Å². The molecule has 6 heteroatoms. The van der Waals surface area contributed by atoms with Crippen molar-refractivity contribution in [2.45, 2.75) is 26.6 Å². The zero-order valence-electron chi connectivity index (χ0n) is 15.4. The highest BCUT2D eigenvalue weighted by Gasteiger charge is 2.18. The standard InChI is InChI=1S/C21H20ClNO4/c1-13-17-6-4-5-7-18(17)23-19(20(13)22)12-26-21(24)14(2)27-16-10-8-15(25-3)9-11-16/h4-11,14H,12H2,1-3H3. The van der Waals surface area contributed by atoms with E-state index in [-0.39, 0.29) is 6.61 Å². The summed E-state index contributed by atoms with van der Waals surface area (Å²) in [6.45, 7) is 3.54. The number of nitrogens with zero attached hydrogens (tertiary/aromatic N) is 1. The molecule has 0 saturated heterocycles. The third-order valence-electron chi connectivity index (χ3n) is 4.20. The minimum absolute atomic E-state index is 0.0142. The third-order valence-corrected chi connectivity index (χ3v) is 4.70. The highest BCUT2D eigenvalue weighted by Crippen LogP contribution is 2.27. The molecule has 1 heterocycles. The Kier molecular flexibility index (Phi) is 5.81. The van der Waals surface area contributed by atoms with Crippen LogP contribution in [0.4, 0.5) is 0 Å². The number of hydrogen-bond donors (Lipinski definition) is 0. The molecule has 1 aromatic heterocycles. The number of halogens is 1. The number of carbonyl (C=O) groups excluding carboxylic acids is 1. The Labute approximate surface area is 162 Å². The van der Waals surface area contributed by atoms with Crippen LogP contribution >= 0.6 is 11.6 Å². The summed E-state index contributed by atoms with van der Waals surface area (Å²) in [6, 6.07) is 14.7. The number of esters is 1. The Morgan fingerprint density at radius 3 is 2.48 bits per heavy atom. The van der Waals surface area contributed by atoms with Gasteiger partial charge in [-0.3, -0.25) is 0 Å². The van der Waals surface area contributed by atoms with Gasteiger partial charge in [0, 0.05) is 5.39 Å². The molecule has 0 spiro atoms. The molecule has 3 aromatic rings.